The number of thioether (sulfide) groups is 1. The van der Waals surface area contributed by atoms with Gasteiger partial charge in [0.25, 0.3) is 5.91 Å². The van der Waals surface area contributed by atoms with Crippen molar-refractivity contribution in [2.75, 3.05) is 13.7 Å². The highest BCUT2D eigenvalue weighted by Gasteiger charge is 2.30. The van der Waals surface area contributed by atoms with Crippen LogP contribution in [0.2, 0.25) is 0 Å². The molecule has 7 nitrogen and oxygen atoms in total. The zero-order valence-corrected chi connectivity index (χ0v) is 20.4. The molecule has 4 rings (SSSR count). The van der Waals surface area contributed by atoms with E-state index in [0.29, 0.717) is 39.4 Å². The number of hydrogen-bond acceptors (Lipinski definition) is 6. The van der Waals surface area contributed by atoms with Crippen LogP contribution in [0.4, 0.5) is 10.1 Å². The molecule has 0 unspecified atom stereocenters. The highest BCUT2D eigenvalue weighted by molar-refractivity contribution is 8.18. The van der Waals surface area contributed by atoms with Gasteiger partial charge in [-0.3, -0.25) is 9.69 Å². The first-order valence-corrected chi connectivity index (χ1v) is 11.9. The number of carbonyl (C=O) groups is 2. The van der Waals surface area contributed by atoms with E-state index >= 15 is 0 Å². The van der Waals surface area contributed by atoms with Crippen LogP contribution < -0.4 is 9.47 Å². The Balaban J connectivity index is 1.53. The van der Waals surface area contributed by atoms with Gasteiger partial charge in [-0.05, 0) is 84.4 Å². The molecular formula is C27H23FN2O5S. The summed E-state index contributed by atoms with van der Waals surface area (Å²) < 4.78 is 25.0. The van der Waals surface area contributed by atoms with Crippen LogP contribution in [0.25, 0.3) is 6.08 Å². The summed E-state index contributed by atoms with van der Waals surface area (Å²) in [6.07, 6.45) is 1.75. The number of rotatable bonds is 8. The third kappa shape index (κ3) is 5.92. The summed E-state index contributed by atoms with van der Waals surface area (Å²) >= 11 is 1.22. The van der Waals surface area contributed by atoms with Gasteiger partial charge < -0.3 is 14.6 Å². The third-order valence-electron chi connectivity index (χ3n) is 5.19. The molecule has 1 amide bonds. The predicted octanol–water partition coefficient (Wildman–Crippen LogP) is 5.74. The van der Waals surface area contributed by atoms with Crippen molar-refractivity contribution in [1.82, 2.24) is 4.90 Å². The Labute approximate surface area is 211 Å². The molecule has 1 heterocycles. The number of aromatic carboxylic acids is 1. The van der Waals surface area contributed by atoms with E-state index < -0.39 is 5.97 Å². The lowest BCUT2D eigenvalue weighted by atomic mass is 10.1. The summed E-state index contributed by atoms with van der Waals surface area (Å²) in [6, 6.07) is 17.7. The summed E-state index contributed by atoms with van der Waals surface area (Å²) in [5.74, 6) is -0.520. The fourth-order valence-corrected chi connectivity index (χ4v) is 4.37. The SMILES string of the molecule is CCOc1cc(C=C2SC(=Nc3ccc(C(=O)O)cc3)N(C)C2=O)ccc1OCc1cccc(F)c1. The van der Waals surface area contributed by atoms with Gasteiger partial charge in [-0.2, -0.15) is 0 Å². The van der Waals surface area contributed by atoms with Gasteiger partial charge in [-0.15, -0.1) is 0 Å². The molecule has 0 radical (unpaired) electrons. The number of carboxylic acid groups (broad SMARTS) is 1. The van der Waals surface area contributed by atoms with Crippen molar-refractivity contribution in [2.24, 2.45) is 4.99 Å². The van der Waals surface area contributed by atoms with Crippen molar-refractivity contribution >= 4 is 40.6 Å². The van der Waals surface area contributed by atoms with Crippen molar-refractivity contribution in [3.8, 4) is 11.5 Å². The minimum absolute atomic E-state index is 0.163. The number of carboxylic acids is 1. The highest BCUT2D eigenvalue weighted by Crippen LogP contribution is 2.35. The number of aliphatic imine (C=N–C) groups is 1. The Kier molecular flexibility index (Phi) is 7.70. The van der Waals surface area contributed by atoms with Crippen LogP contribution in [-0.2, 0) is 11.4 Å². The molecule has 184 valence electrons. The molecule has 0 aliphatic carbocycles. The molecule has 1 saturated heterocycles. The number of amidine groups is 1. The van der Waals surface area contributed by atoms with Crippen LogP contribution in [0, 0.1) is 5.82 Å². The van der Waals surface area contributed by atoms with Crippen LogP contribution in [0.15, 0.2) is 76.6 Å². The summed E-state index contributed by atoms with van der Waals surface area (Å²) in [5.41, 5.74) is 2.15. The predicted molar refractivity (Wildman–Crippen MR) is 137 cm³/mol. The highest BCUT2D eigenvalue weighted by atomic mass is 32.2. The summed E-state index contributed by atoms with van der Waals surface area (Å²) in [7, 11) is 1.63. The number of benzene rings is 3. The molecule has 3 aromatic rings. The molecule has 1 aliphatic heterocycles. The Morgan fingerprint density at radius 1 is 1.08 bits per heavy atom. The van der Waals surface area contributed by atoms with E-state index in [9.17, 15) is 14.0 Å². The maximum atomic E-state index is 13.4. The molecule has 3 aromatic carbocycles. The van der Waals surface area contributed by atoms with E-state index in [1.54, 1.807) is 49.5 Å². The first kappa shape index (κ1) is 25.0. The fourth-order valence-electron chi connectivity index (χ4n) is 3.38. The first-order valence-electron chi connectivity index (χ1n) is 11.1. The second kappa shape index (κ2) is 11.1. The average molecular weight is 507 g/mol. The number of halogens is 1. The lowest BCUT2D eigenvalue weighted by molar-refractivity contribution is -0.121. The number of carbonyl (C=O) groups excluding carboxylic acids is 1. The Morgan fingerprint density at radius 3 is 2.56 bits per heavy atom. The Bertz CT molecular complexity index is 1350. The summed E-state index contributed by atoms with van der Waals surface area (Å²) in [4.78, 5) is 30.3. The van der Waals surface area contributed by atoms with Crippen LogP contribution in [-0.4, -0.2) is 40.7 Å². The van der Waals surface area contributed by atoms with E-state index in [2.05, 4.69) is 4.99 Å². The second-order valence-corrected chi connectivity index (χ2v) is 8.79. The van der Waals surface area contributed by atoms with Gasteiger partial charge in [0.05, 0.1) is 22.8 Å². The number of amides is 1. The van der Waals surface area contributed by atoms with Crippen LogP contribution >= 0.6 is 11.8 Å². The van der Waals surface area contributed by atoms with Gasteiger partial charge in [0, 0.05) is 7.05 Å². The molecule has 0 spiro atoms. The lowest BCUT2D eigenvalue weighted by Gasteiger charge is -2.13. The van der Waals surface area contributed by atoms with E-state index in [0.717, 1.165) is 5.56 Å². The Morgan fingerprint density at radius 2 is 1.86 bits per heavy atom. The van der Waals surface area contributed by atoms with Crippen molar-refractivity contribution < 1.29 is 28.6 Å². The molecule has 0 saturated carbocycles. The topological polar surface area (TPSA) is 88.4 Å². The largest absolute Gasteiger partial charge is 0.490 e. The number of likely N-dealkylation sites (N-methyl/N-ethyl adjacent to an activating group) is 1. The zero-order chi connectivity index (χ0) is 25.7. The second-order valence-electron chi connectivity index (χ2n) is 7.78. The third-order valence-corrected chi connectivity index (χ3v) is 6.25. The molecule has 1 aliphatic rings. The maximum absolute atomic E-state index is 13.4. The van der Waals surface area contributed by atoms with Crippen molar-refractivity contribution in [2.45, 2.75) is 13.5 Å². The molecule has 0 aromatic heterocycles. The minimum atomic E-state index is -1.02. The lowest BCUT2D eigenvalue weighted by Crippen LogP contribution is -2.23. The standard InChI is InChI=1S/C27H23FN2O5S/c1-3-34-23-14-17(7-12-22(23)35-16-18-5-4-6-20(28)13-18)15-24-25(31)30(2)27(36-24)29-21-10-8-19(9-11-21)26(32)33/h4-15H,3,16H2,1-2H3,(H,32,33). The molecule has 0 atom stereocenters. The minimum Gasteiger partial charge on any atom is -0.490 e. The average Bonchev–Trinajstić information content (AvgIpc) is 3.11. The molecule has 36 heavy (non-hydrogen) atoms. The van der Waals surface area contributed by atoms with Gasteiger partial charge in [-0.1, -0.05) is 18.2 Å². The quantitative estimate of drug-likeness (QED) is 0.392. The number of nitrogens with zero attached hydrogens (tertiary/aromatic N) is 2. The van der Waals surface area contributed by atoms with E-state index in [4.69, 9.17) is 14.6 Å². The smallest absolute Gasteiger partial charge is 0.335 e. The Hall–Kier alpha value is -4.11. The molecule has 0 bridgehead atoms. The monoisotopic (exact) mass is 506 g/mol. The number of hydrogen-bond donors (Lipinski definition) is 1. The van der Waals surface area contributed by atoms with Gasteiger partial charge >= 0.3 is 5.97 Å². The van der Waals surface area contributed by atoms with Crippen LogP contribution in [0.3, 0.4) is 0 Å². The van der Waals surface area contributed by atoms with E-state index in [1.807, 2.05) is 13.0 Å². The van der Waals surface area contributed by atoms with Gasteiger partial charge in [0.2, 0.25) is 0 Å². The first-order chi connectivity index (χ1) is 17.3. The van der Waals surface area contributed by atoms with Gasteiger partial charge in [0.1, 0.15) is 12.4 Å². The normalized spacial score (nSPS) is 15.5. The van der Waals surface area contributed by atoms with E-state index in [1.165, 1.54) is 40.9 Å². The molecular weight excluding hydrogens is 483 g/mol. The van der Waals surface area contributed by atoms with Crippen LogP contribution in [0.1, 0.15) is 28.4 Å². The van der Waals surface area contributed by atoms with E-state index in [-0.39, 0.29) is 23.9 Å². The van der Waals surface area contributed by atoms with Gasteiger partial charge in [0.15, 0.2) is 16.7 Å². The molecule has 9 heteroatoms. The van der Waals surface area contributed by atoms with Crippen molar-refractivity contribution in [3.05, 3.63) is 94.1 Å². The molecule has 1 N–H and O–H groups in total. The van der Waals surface area contributed by atoms with Crippen molar-refractivity contribution in [3.63, 3.8) is 0 Å². The zero-order valence-electron chi connectivity index (χ0n) is 19.6. The van der Waals surface area contributed by atoms with Gasteiger partial charge in [-0.25, -0.2) is 14.2 Å². The summed E-state index contributed by atoms with van der Waals surface area (Å²) in [5, 5.41) is 9.52. The van der Waals surface area contributed by atoms with Crippen LogP contribution in [0.5, 0.6) is 11.5 Å². The number of ether oxygens (including phenoxy) is 2. The van der Waals surface area contributed by atoms with Crippen molar-refractivity contribution in [1.29, 1.82) is 0 Å². The molecule has 1 fully saturated rings. The maximum Gasteiger partial charge on any atom is 0.335 e. The summed E-state index contributed by atoms with van der Waals surface area (Å²) in [6.45, 7) is 2.47. The fraction of sp³-hybridized carbons (Fsp3) is 0.148.